The first-order valence-corrected chi connectivity index (χ1v) is 8.02. The van der Waals surface area contributed by atoms with Crippen molar-refractivity contribution < 1.29 is 18.6 Å². The van der Waals surface area contributed by atoms with Gasteiger partial charge in [-0.3, -0.25) is 4.40 Å². The Hall–Kier alpha value is -1.24. The quantitative estimate of drug-likeness (QED) is 0.366. The Morgan fingerprint density at radius 1 is 1.40 bits per heavy atom. The topological polar surface area (TPSA) is 133 Å². The SMILES string of the molecule is NNc1nc2sccn2c1S(=O)(=O)N(CCO)CCO. The van der Waals surface area contributed by atoms with Crippen LogP contribution in [0.15, 0.2) is 16.6 Å². The van der Waals surface area contributed by atoms with E-state index in [1.54, 1.807) is 11.6 Å². The number of nitrogens with zero attached hydrogens (tertiary/aromatic N) is 3. The number of imidazole rings is 1. The number of thiazole rings is 1. The molecular weight excluding hydrogens is 306 g/mol. The van der Waals surface area contributed by atoms with Gasteiger partial charge in [-0.15, -0.1) is 11.3 Å². The normalized spacial score (nSPS) is 12.4. The molecule has 0 fully saturated rings. The molecule has 2 aromatic heterocycles. The van der Waals surface area contributed by atoms with E-state index in [1.165, 1.54) is 15.7 Å². The average molecular weight is 321 g/mol. The molecule has 0 spiro atoms. The van der Waals surface area contributed by atoms with Gasteiger partial charge in [0.25, 0.3) is 10.0 Å². The van der Waals surface area contributed by atoms with Crippen LogP contribution in [0.2, 0.25) is 0 Å². The first-order valence-electron chi connectivity index (χ1n) is 5.70. The third kappa shape index (κ3) is 2.51. The van der Waals surface area contributed by atoms with Crippen LogP contribution in [0, 0.1) is 0 Å². The summed E-state index contributed by atoms with van der Waals surface area (Å²) in [6.45, 7) is -0.944. The van der Waals surface area contributed by atoms with Crippen LogP contribution in [0.5, 0.6) is 0 Å². The Labute approximate surface area is 119 Å². The molecule has 0 bridgehead atoms. The average Bonchev–Trinajstić information content (AvgIpc) is 2.97. The van der Waals surface area contributed by atoms with Crippen LogP contribution in [0.3, 0.4) is 0 Å². The summed E-state index contributed by atoms with van der Waals surface area (Å²) < 4.78 is 27.6. The highest BCUT2D eigenvalue weighted by molar-refractivity contribution is 7.89. The number of anilines is 1. The van der Waals surface area contributed by atoms with Crippen molar-refractivity contribution >= 4 is 32.1 Å². The van der Waals surface area contributed by atoms with Crippen molar-refractivity contribution in [2.45, 2.75) is 5.03 Å². The molecule has 0 saturated heterocycles. The maximum atomic E-state index is 12.6. The van der Waals surface area contributed by atoms with Crippen molar-refractivity contribution in [1.82, 2.24) is 13.7 Å². The number of sulfonamides is 1. The van der Waals surface area contributed by atoms with Gasteiger partial charge in [-0.1, -0.05) is 0 Å². The zero-order valence-corrected chi connectivity index (χ0v) is 12.1. The number of hydrazine groups is 1. The summed E-state index contributed by atoms with van der Waals surface area (Å²) in [6.07, 6.45) is 1.57. The van der Waals surface area contributed by atoms with Gasteiger partial charge < -0.3 is 15.6 Å². The van der Waals surface area contributed by atoms with Gasteiger partial charge in [0.05, 0.1) is 13.2 Å². The monoisotopic (exact) mass is 321 g/mol. The predicted molar refractivity (Wildman–Crippen MR) is 73.8 cm³/mol. The van der Waals surface area contributed by atoms with Gasteiger partial charge in [-0.05, 0) is 0 Å². The molecule has 0 radical (unpaired) electrons. The van der Waals surface area contributed by atoms with Crippen molar-refractivity contribution in [2.75, 3.05) is 31.7 Å². The number of nitrogen functional groups attached to an aromatic ring is 1. The Kier molecular flexibility index (Phi) is 4.57. The summed E-state index contributed by atoms with van der Waals surface area (Å²) in [7, 11) is -3.94. The van der Waals surface area contributed by atoms with Crippen LogP contribution in [-0.2, 0) is 10.0 Å². The molecule has 0 saturated carbocycles. The minimum atomic E-state index is -3.94. The highest BCUT2D eigenvalue weighted by Crippen LogP contribution is 2.27. The van der Waals surface area contributed by atoms with Crippen molar-refractivity contribution in [3.05, 3.63) is 11.6 Å². The summed E-state index contributed by atoms with van der Waals surface area (Å²) >= 11 is 1.27. The third-order valence-corrected chi connectivity index (χ3v) is 5.32. The van der Waals surface area contributed by atoms with E-state index in [-0.39, 0.29) is 37.1 Å². The molecule has 2 rings (SSSR count). The Morgan fingerprint density at radius 3 is 2.60 bits per heavy atom. The van der Waals surface area contributed by atoms with E-state index in [0.29, 0.717) is 4.96 Å². The van der Waals surface area contributed by atoms with E-state index >= 15 is 0 Å². The third-order valence-electron chi connectivity index (χ3n) is 2.64. The molecule has 9 nitrogen and oxygen atoms in total. The lowest BCUT2D eigenvalue weighted by Crippen LogP contribution is -2.37. The molecule has 0 aliphatic carbocycles. The maximum absolute atomic E-state index is 12.6. The standard InChI is InChI=1S/C9H15N5O4S2/c10-12-7-8(14-3-6-19-9(14)11-7)20(17,18)13(1-4-15)2-5-16/h3,6,12,15-16H,1-2,4-5,10H2. The molecule has 2 heterocycles. The largest absolute Gasteiger partial charge is 0.395 e. The molecule has 5 N–H and O–H groups in total. The minimum absolute atomic E-state index is 0.0257. The summed E-state index contributed by atoms with van der Waals surface area (Å²) in [5.41, 5.74) is 2.26. The Morgan fingerprint density at radius 2 is 2.05 bits per heavy atom. The first kappa shape index (κ1) is 15.2. The summed E-state index contributed by atoms with van der Waals surface area (Å²) in [4.78, 5) is 4.55. The fourth-order valence-corrected chi connectivity index (χ4v) is 4.21. The number of aliphatic hydroxyl groups excluding tert-OH is 2. The van der Waals surface area contributed by atoms with Crippen LogP contribution in [0.4, 0.5) is 5.82 Å². The van der Waals surface area contributed by atoms with Crippen LogP contribution >= 0.6 is 11.3 Å². The number of hydrogen-bond donors (Lipinski definition) is 4. The van der Waals surface area contributed by atoms with E-state index in [2.05, 4.69) is 10.4 Å². The number of rotatable bonds is 7. The smallest absolute Gasteiger partial charge is 0.263 e. The van der Waals surface area contributed by atoms with Crippen LogP contribution in [-0.4, -0.2) is 58.6 Å². The van der Waals surface area contributed by atoms with Crippen molar-refractivity contribution in [3.63, 3.8) is 0 Å². The molecular formula is C9H15N5O4S2. The number of aromatic nitrogens is 2. The molecule has 0 atom stereocenters. The van der Waals surface area contributed by atoms with Gasteiger partial charge in [0.2, 0.25) is 5.03 Å². The Bertz CT molecular complexity index is 674. The maximum Gasteiger partial charge on any atom is 0.263 e. The summed E-state index contributed by atoms with van der Waals surface area (Å²) in [6, 6.07) is 0. The fraction of sp³-hybridized carbons (Fsp3) is 0.444. The number of fused-ring (bicyclic) bond motifs is 1. The molecule has 0 aliphatic rings. The highest BCUT2D eigenvalue weighted by atomic mass is 32.2. The van der Waals surface area contributed by atoms with E-state index in [4.69, 9.17) is 16.1 Å². The Balaban J connectivity index is 2.56. The zero-order chi connectivity index (χ0) is 14.8. The molecule has 0 amide bonds. The van der Waals surface area contributed by atoms with E-state index in [0.717, 1.165) is 4.31 Å². The number of aliphatic hydroxyl groups is 2. The second kappa shape index (κ2) is 6.03. The minimum Gasteiger partial charge on any atom is -0.395 e. The first-order chi connectivity index (χ1) is 9.56. The van der Waals surface area contributed by atoms with E-state index in [1.807, 2.05) is 0 Å². The molecule has 0 aliphatic heterocycles. The number of hydrogen-bond acceptors (Lipinski definition) is 8. The molecule has 2 aromatic rings. The van der Waals surface area contributed by atoms with Crippen molar-refractivity contribution in [1.29, 1.82) is 0 Å². The van der Waals surface area contributed by atoms with E-state index in [9.17, 15) is 8.42 Å². The van der Waals surface area contributed by atoms with Gasteiger partial charge in [-0.2, -0.15) is 9.29 Å². The highest BCUT2D eigenvalue weighted by Gasteiger charge is 2.31. The van der Waals surface area contributed by atoms with E-state index < -0.39 is 10.0 Å². The molecule has 11 heteroatoms. The lowest BCUT2D eigenvalue weighted by molar-refractivity contribution is 0.217. The van der Waals surface area contributed by atoms with Crippen LogP contribution < -0.4 is 11.3 Å². The van der Waals surface area contributed by atoms with Gasteiger partial charge in [0.15, 0.2) is 10.8 Å². The van der Waals surface area contributed by atoms with Crippen molar-refractivity contribution in [3.8, 4) is 0 Å². The second-order valence-corrected chi connectivity index (χ2v) is 6.54. The molecule has 112 valence electrons. The van der Waals surface area contributed by atoms with Gasteiger partial charge in [-0.25, -0.2) is 14.3 Å². The second-order valence-electron chi connectivity index (χ2n) is 3.82. The zero-order valence-electron chi connectivity index (χ0n) is 10.4. The molecule has 0 unspecified atom stereocenters. The summed E-state index contributed by atoms with van der Waals surface area (Å²) in [5, 5.41) is 19.5. The van der Waals surface area contributed by atoms with Crippen LogP contribution in [0.1, 0.15) is 0 Å². The van der Waals surface area contributed by atoms with Gasteiger partial charge >= 0.3 is 0 Å². The summed E-state index contributed by atoms with van der Waals surface area (Å²) in [5.74, 6) is 5.34. The van der Waals surface area contributed by atoms with Crippen molar-refractivity contribution in [2.24, 2.45) is 5.84 Å². The lowest BCUT2D eigenvalue weighted by Gasteiger charge is -2.20. The number of nitrogens with one attached hydrogen (secondary N) is 1. The van der Waals surface area contributed by atoms with Crippen LogP contribution in [0.25, 0.3) is 4.96 Å². The molecule has 20 heavy (non-hydrogen) atoms. The fourth-order valence-electron chi connectivity index (χ4n) is 1.80. The van der Waals surface area contributed by atoms with Gasteiger partial charge in [0, 0.05) is 24.7 Å². The van der Waals surface area contributed by atoms with Gasteiger partial charge in [0.1, 0.15) is 0 Å². The molecule has 0 aromatic carbocycles. The predicted octanol–water partition coefficient (Wildman–Crippen LogP) is -1.34. The lowest BCUT2D eigenvalue weighted by atomic mass is 10.6. The number of nitrogens with two attached hydrogens (primary N) is 1.